The lowest BCUT2D eigenvalue weighted by Gasteiger charge is -2.26. The van der Waals surface area contributed by atoms with Gasteiger partial charge in [-0.05, 0) is 25.3 Å². The van der Waals surface area contributed by atoms with Crippen molar-refractivity contribution in [3.8, 4) is 0 Å². The molecule has 0 heterocycles. The van der Waals surface area contributed by atoms with Gasteiger partial charge in [-0.15, -0.1) is 0 Å². The van der Waals surface area contributed by atoms with E-state index in [0.29, 0.717) is 5.56 Å². The molecule has 0 bridgehead atoms. The second-order valence-corrected chi connectivity index (χ2v) is 8.49. The number of carbonyl (C=O) groups is 6. The van der Waals surface area contributed by atoms with E-state index >= 15 is 0 Å². The molecule has 5 amide bonds. The van der Waals surface area contributed by atoms with Crippen molar-refractivity contribution in [3.05, 3.63) is 35.9 Å². The van der Waals surface area contributed by atoms with E-state index < -0.39 is 65.8 Å². The summed E-state index contributed by atoms with van der Waals surface area (Å²) in [4.78, 5) is 72.2. The van der Waals surface area contributed by atoms with Crippen LogP contribution in [0.15, 0.2) is 30.3 Å². The fourth-order valence-corrected chi connectivity index (χ4v) is 3.24. The van der Waals surface area contributed by atoms with Gasteiger partial charge in [0.15, 0.2) is 6.04 Å². The highest BCUT2D eigenvalue weighted by atomic mass is 16.4. The fraction of sp³-hybridized carbons (Fsp3) is 0.478. The van der Waals surface area contributed by atoms with Gasteiger partial charge in [0.2, 0.25) is 29.5 Å². The molecule has 11 N–H and O–H groups in total. The van der Waals surface area contributed by atoms with Gasteiger partial charge in [-0.3, -0.25) is 24.0 Å². The smallest absolute Gasteiger partial charge is 0.328 e. The number of primary amides is 2. The Balaban J connectivity index is 3.12. The predicted octanol–water partition coefficient (Wildman–Crippen LogP) is -2.99. The van der Waals surface area contributed by atoms with Crippen LogP contribution in [-0.2, 0) is 35.2 Å². The van der Waals surface area contributed by atoms with E-state index in [-0.39, 0.29) is 32.1 Å². The van der Waals surface area contributed by atoms with Gasteiger partial charge in [-0.2, -0.15) is 0 Å². The molecule has 14 nitrogen and oxygen atoms in total. The summed E-state index contributed by atoms with van der Waals surface area (Å²) >= 11 is 0. The molecule has 0 spiro atoms. The molecule has 0 radical (unpaired) electrons. The van der Waals surface area contributed by atoms with Crippen LogP contribution in [0, 0.1) is 0 Å². The number of carboxylic acid groups (broad SMARTS) is 1. The first kappa shape index (κ1) is 31.0. The highest BCUT2D eigenvalue weighted by Gasteiger charge is 2.32. The van der Waals surface area contributed by atoms with Crippen molar-refractivity contribution in [3.63, 3.8) is 0 Å². The first-order chi connectivity index (χ1) is 17.3. The van der Waals surface area contributed by atoms with Crippen molar-refractivity contribution in [2.75, 3.05) is 0 Å². The third-order valence-corrected chi connectivity index (χ3v) is 5.31. The molecule has 0 aliphatic heterocycles. The number of hydrogen-bond acceptors (Lipinski definition) is 8. The Hall–Kier alpha value is -4.04. The maximum Gasteiger partial charge on any atom is 0.328 e. The minimum atomic E-state index is -1.64. The molecular weight excluding hydrogens is 488 g/mol. The third-order valence-electron chi connectivity index (χ3n) is 5.31. The van der Waals surface area contributed by atoms with E-state index in [4.69, 9.17) is 17.2 Å². The Morgan fingerprint density at radius 2 is 1.32 bits per heavy atom. The van der Waals surface area contributed by atoms with Gasteiger partial charge in [0.1, 0.15) is 12.1 Å². The molecule has 14 heteroatoms. The predicted molar refractivity (Wildman–Crippen MR) is 130 cm³/mol. The zero-order valence-corrected chi connectivity index (χ0v) is 20.4. The molecule has 0 saturated carbocycles. The second-order valence-electron chi connectivity index (χ2n) is 8.49. The van der Waals surface area contributed by atoms with Crippen molar-refractivity contribution in [1.29, 1.82) is 0 Å². The minimum Gasteiger partial charge on any atom is -0.480 e. The molecule has 0 aliphatic carbocycles. The zero-order valence-electron chi connectivity index (χ0n) is 20.4. The molecule has 5 atom stereocenters. The van der Waals surface area contributed by atoms with Crippen molar-refractivity contribution < 1.29 is 39.0 Å². The van der Waals surface area contributed by atoms with Crippen molar-refractivity contribution in [2.45, 2.75) is 69.3 Å². The minimum absolute atomic E-state index is 0.0564. The summed E-state index contributed by atoms with van der Waals surface area (Å²) in [6, 6.07) is 3.03. The van der Waals surface area contributed by atoms with Crippen LogP contribution < -0.4 is 33.2 Å². The molecule has 1 aromatic carbocycles. The van der Waals surface area contributed by atoms with Crippen molar-refractivity contribution in [2.24, 2.45) is 17.2 Å². The molecule has 0 aliphatic rings. The number of carboxylic acids is 1. The first-order valence-corrected chi connectivity index (χ1v) is 11.5. The number of amides is 5. The fourth-order valence-electron chi connectivity index (χ4n) is 3.24. The van der Waals surface area contributed by atoms with Gasteiger partial charge in [-0.25, -0.2) is 4.79 Å². The molecular formula is C23H34N6O8. The summed E-state index contributed by atoms with van der Waals surface area (Å²) in [5.41, 5.74) is 16.6. The lowest BCUT2D eigenvalue weighted by molar-refractivity contribution is -0.145. The molecule has 1 aromatic rings. The average molecular weight is 523 g/mol. The number of aliphatic carboxylic acids is 1. The van der Waals surface area contributed by atoms with Gasteiger partial charge in [0, 0.05) is 19.3 Å². The molecule has 5 unspecified atom stereocenters. The van der Waals surface area contributed by atoms with Crippen LogP contribution in [0.1, 0.15) is 38.2 Å². The Morgan fingerprint density at radius 3 is 1.84 bits per heavy atom. The number of rotatable bonds is 16. The monoisotopic (exact) mass is 522 g/mol. The molecule has 0 saturated heterocycles. The van der Waals surface area contributed by atoms with Gasteiger partial charge in [-0.1, -0.05) is 30.3 Å². The van der Waals surface area contributed by atoms with Crippen LogP contribution in [0.3, 0.4) is 0 Å². The van der Waals surface area contributed by atoms with Crippen LogP contribution in [0.4, 0.5) is 0 Å². The summed E-state index contributed by atoms with van der Waals surface area (Å²) in [7, 11) is 0. The Labute approximate surface area is 213 Å². The van der Waals surface area contributed by atoms with E-state index in [1.54, 1.807) is 30.3 Å². The number of hydrogen-bond donors (Lipinski definition) is 8. The van der Waals surface area contributed by atoms with Gasteiger partial charge in [0.05, 0.1) is 12.1 Å². The number of carbonyl (C=O) groups excluding carboxylic acids is 5. The summed E-state index contributed by atoms with van der Waals surface area (Å²) in [5, 5.41) is 26.0. The Bertz CT molecular complexity index is 971. The lowest BCUT2D eigenvalue weighted by atomic mass is 10.0. The van der Waals surface area contributed by atoms with Crippen molar-refractivity contribution >= 4 is 35.5 Å². The van der Waals surface area contributed by atoms with E-state index in [0.717, 1.165) is 0 Å². The highest BCUT2D eigenvalue weighted by molar-refractivity contribution is 5.94. The second kappa shape index (κ2) is 15.2. The van der Waals surface area contributed by atoms with Gasteiger partial charge < -0.3 is 43.4 Å². The van der Waals surface area contributed by atoms with E-state index in [9.17, 15) is 39.0 Å². The number of nitrogens with one attached hydrogen (secondary N) is 3. The molecule has 0 aromatic heterocycles. The summed E-state index contributed by atoms with van der Waals surface area (Å²) in [6.45, 7) is 1.18. The Kier molecular flexibility index (Phi) is 12.7. The number of nitrogens with two attached hydrogens (primary N) is 3. The van der Waals surface area contributed by atoms with E-state index in [1.807, 2.05) is 0 Å². The number of benzene rings is 1. The summed E-state index contributed by atoms with van der Waals surface area (Å²) < 4.78 is 0. The van der Waals surface area contributed by atoms with Gasteiger partial charge in [0.25, 0.3) is 0 Å². The van der Waals surface area contributed by atoms with E-state index in [2.05, 4.69) is 16.0 Å². The van der Waals surface area contributed by atoms with Gasteiger partial charge >= 0.3 is 5.97 Å². The summed E-state index contributed by atoms with van der Waals surface area (Å²) in [6.07, 6.45) is -2.24. The van der Waals surface area contributed by atoms with Crippen molar-refractivity contribution in [1.82, 2.24) is 16.0 Å². The SMILES string of the molecule is CC(O)C(NC(=O)C(Cc1ccccc1)NC(=O)C(CCC(N)=O)NC(=O)C(N)CCC(N)=O)C(=O)O. The van der Waals surface area contributed by atoms with E-state index in [1.165, 1.54) is 6.92 Å². The maximum absolute atomic E-state index is 13.1. The molecule has 204 valence electrons. The van der Waals surface area contributed by atoms with Crippen LogP contribution >= 0.6 is 0 Å². The number of aliphatic hydroxyl groups excluding tert-OH is 1. The largest absolute Gasteiger partial charge is 0.480 e. The summed E-state index contributed by atoms with van der Waals surface area (Å²) in [5.74, 6) is -5.46. The lowest BCUT2D eigenvalue weighted by Crippen LogP contribution is -2.58. The quantitative estimate of drug-likeness (QED) is 0.110. The highest BCUT2D eigenvalue weighted by Crippen LogP contribution is 2.07. The Morgan fingerprint density at radius 1 is 0.811 bits per heavy atom. The van der Waals surface area contributed by atoms with Crippen LogP contribution in [-0.4, -0.2) is 76.0 Å². The maximum atomic E-state index is 13.1. The standard InChI is InChI=1S/C23H34N6O8/c1-12(30)19(23(36)37)29-22(35)16(11-13-5-3-2-4-6-13)28-21(34)15(8-10-18(26)32)27-20(33)14(24)7-9-17(25)31/h2-6,12,14-16,19,30H,7-11,24H2,1H3,(H2,25,31)(H2,26,32)(H,27,33)(H,28,34)(H,29,35)(H,36,37). The topological polar surface area (TPSA) is 257 Å². The zero-order chi connectivity index (χ0) is 28.1. The average Bonchev–Trinajstić information content (AvgIpc) is 2.82. The molecule has 0 fully saturated rings. The molecule has 1 rings (SSSR count). The van der Waals surface area contributed by atoms with Crippen LogP contribution in [0.25, 0.3) is 0 Å². The number of aliphatic hydroxyl groups is 1. The van der Waals surface area contributed by atoms with Crippen LogP contribution in [0.5, 0.6) is 0 Å². The normalized spacial score (nSPS) is 14.8. The molecule has 37 heavy (non-hydrogen) atoms. The third kappa shape index (κ3) is 11.5. The van der Waals surface area contributed by atoms with Crippen LogP contribution in [0.2, 0.25) is 0 Å². The first-order valence-electron chi connectivity index (χ1n) is 11.5.